The number of amides is 1. The first-order valence-corrected chi connectivity index (χ1v) is 11.3. The zero-order valence-corrected chi connectivity index (χ0v) is 20.1. The van der Waals surface area contributed by atoms with Gasteiger partial charge >= 0.3 is 6.36 Å². The quantitative estimate of drug-likeness (QED) is 0.228. The van der Waals surface area contributed by atoms with E-state index >= 15 is 0 Å². The van der Waals surface area contributed by atoms with Crippen LogP contribution in [0.3, 0.4) is 0 Å². The number of anilines is 1. The number of nitrogens with zero attached hydrogens (tertiary/aromatic N) is 1. The number of ether oxygens (including phenoxy) is 1. The first kappa shape index (κ1) is 24.5. The average Bonchev–Trinajstić information content (AvgIpc) is 3.05. The molecule has 0 spiro atoms. The van der Waals surface area contributed by atoms with Gasteiger partial charge in [0.05, 0.1) is 11.6 Å². The minimum Gasteiger partial charge on any atom is -0.507 e. The van der Waals surface area contributed by atoms with Crippen molar-refractivity contribution in [2.45, 2.75) is 26.3 Å². The van der Waals surface area contributed by atoms with Gasteiger partial charge < -0.3 is 9.84 Å². The number of aryl methyl sites for hydroxylation is 2. The lowest BCUT2D eigenvalue weighted by Crippen LogP contribution is -2.29. The van der Waals surface area contributed by atoms with E-state index in [1.165, 1.54) is 12.1 Å². The number of alkyl halides is 3. The highest BCUT2D eigenvalue weighted by Gasteiger charge is 2.47. The number of aliphatic hydroxyl groups is 1. The average molecular weight is 546 g/mol. The summed E-state index contributed by atoms with van der Waals surface area (Å²) in [6, 6.07) is 15.7. The summed E-state index contributed by atoms with van der Waals surface area (Å²) in [7, 11) is 0. The van der Waals surface area contributed by atoms with Crippen molar-refractivity contribution in [2.75, 3.05) is 4.90 Å². The Morgan fingerprint density at radius 2 is 1.71 bits per heavy atom. The number of hydrogen-bond acceptors (Lipinski definition) is 4. The Hall–Kier alpha value is -3.59. The highest BCUT2D eigenvalue weighted by molar-refractivity contribution is 9.10. The predicted octanol–water partition coefficient (Wildman–Crippen LogP) is 6.59. The molecule has 1 unspecified atom stereocenters. The van der Waals surface area contributed by atoms with E-state index in [0.717, 1.165) is 32.6 Å². The van der Waals surface area contributed by atoms with Gasteiger partial charge in [-0.3, -0.25) is 14.5 Å². The van der Waals surface area contributed by atoms with E-state index in [2.05, 4.69) is 20.7 Å². The molecule has 0 aromatic heterocycles. The fraction of sp³-hybridized carbons (Fsp3) is 0.154. The summed E-state index contributed by atoms with van der Waals surface area (Å²) in [6.45, 7) is 3.63. The Morgan fingerprint density at radius 3 is 2.37 bits per heavy atom. The van der Waals surface area contributed by atoms with Gasteiger partial charge in [0, 0.05) is 21.8 Å². The molecule has 180 valence electrons. The number of carbonyl (C=O) groups excluding carboxylic acids is 2. The lowest BCUT2D eigenvalue weighted by Gasteiger charge is -2.26. The van der Waals surface area contributed by atoms with Gasteiger partial charge in [-0.25, -0.2) is 0 Å². The number of benzene rings is 3. The third-order valence-corrected chi connectivity index (χ3v) is 6.45. The number of ketones is 1. The molecule has 5 nitrogen and oxygen atoms in total. The summed E-state index contributed by atoms with van der Waals surface area (Å²) in [5.41, 5.74) is 2.34. The molecule has 1 saturated heterocycles. The van der Waals surface area contributed by atoms with E-state index in [1.54, 1.807) is 36.4 Å². The molecule has 35 heavy (non-hydrogen) atoms. The smallest absolute Gasteiger partial charge is 0.507 e. The Labute approximate surface area is 207 Å². The van der Waals surface area contributed by atoms with Crippen molar-refractivity contribution < 1.29 is 32.6 Å². The molecule has 9 heteroatoms. The third kappa shape index (κ3) is 4.95. The van der Waals surface area contributed by atoms with Gasteiger partial charge in [-0.05, 0) is 49.2 Å². The highest BCUT2D eigenvalue weighted by atomic mass is 79.9. The SMILES string of the molecule is Cc1cccc(C2/C(=C(\O)c3ccc(Br)c(C)c3)C(=O)C(=O)N2c2cccc(OC(F)(F)F)c2)c1. The number of aliphatic hydroxyl groups excluding tert-OH is 1. The van der Waals surface area contributed by atoms with Crippen molar-refractivity contribution in [2.24, 2.45) is 0 Å². The molecule has 1 fully saturated rings. The van der Waals surface area contributed by atoms with Crippen molar-refractivity contribution in [3.05, 3.63) is 99.0 Å². The van der Waals surface area contributed by atoms with E-state index in [-0.39, 0.29) is 17.0 Å². The lowest BCUT2D eigenvalue weighted by atomic mass is 9.94. The van der Waals surface area contributed by atoms with Crippen LogP contribution in [-0.4, -0.2) is 23.2 Å². The molecule has 1 atom stereocenters. The van der Waals surface area contributed by atoms with Crippen molar-refractivity contribution in [3.8, 4) is 5.75 Å². The van der Waals surface area contributed by atoms with Crippen LogP contribution in [0.4, 0.5) is 18.9 Å². The minimum absolute atomic E-state index is 0.0198. The second-order valence-electron chi connectivity index (χ2n) is 8.09. The van der Waals surface area contributed by atoms with Crippen LogP contribution in [0.2, 0.25) is 0 Å². The zero-order chi connectivity index (χ0) is 25.5. The van der Waals surface area contributed by atoms with E-state index in [9.17, 15) is 27.9 Å². The van der Waals surface area contributed by atoms with Gasteiger partial charge in [0.2, 0.25) is 0 Å². The molecule has 1 heterocycles. The van der Waals surface area contributed by atoms with Crippen LogP contribution in [0, 0.1) is 13.8 Å². The summed E-state index contributed by atoms with van der Waals surface area (Å²) in [4.78, 5) is 27.5. The third-order valence-electron chi connectivity index (χ3n) is 5.56. The zero-order valence-electron chi connectivity index (χ0n) is 18.6. The first-order valence-electron chi connectivity index (χ1n) is 10.5. The molecule has 0 radical (unpaired) electrons. The Kier molecular flexibility index (Phi) is 6.46. The van der Waals surface area contributed by atoms with Crippen LogP contribution >= 0.6 is 15.9 Å². The van der Waals surface area contributed by atoms with Gasteiger partial charge in [-0.15, -0.1) is 13.2 Å². The molecule has 1 aliphatic heterocycles. The van der Waals surface area contributed by atoms with Crippen molar-refractivity contribution in [3.63, 3.8) is 0 Å². The minimum atomic E-state index is -4.93. The molecule has 3 aromatic carbocycles. The summed E-state index contributed by atoms with van der Waals surface area (Å²) in [5, 5.41) is 11.2. The fourth-order valence-corrected chi connectivity index (χ4v) is 4.28. The van der Waals surface area contributed by atoms with Gasteiger partial charge in [0.15, 0.2) is 0 Å². The lowest BCUT2D eigenvalue weighted by molar-refractivity contribution is -0.274. The predicted molar refractivity (Wildman–Crippen MR) is 128 cm³/mol. The summed E-state index contributed by atoms with van der Waals surface area (Å²) in [5.74, 6) is -2.84. The largest absolute Gasteiger partial charge is 0.573 e. The van der Waals surface area contributed by atoms with Crippen LogP contribution in [-0.2, 0) is 9.59 Å². The van der Waals surface area contributed by atoms with Crippen molar-refractivity contribution >= 4 is 39.1 Å². The van der Waals surface area contributed by atoms with E-state index < -0.39 is 29.8 Å². The molecule has 4 rings (SSSR count). The summed E-state index contributed by atoms with van der Waals surface area (Å²) < 4.78 is 43.2. The van der Waals surface area contributed by atoms with E-state index in [1.807, 2.05) is 19.9 Å². The van der Waals surface area contributed by atoms with Crippen molar-refractivity contribution in [1.29, 1.82) is 0 Å². The van der Waals surface area contributed by atoms with Crippen LogP contribution in [0.15, 0.2) is 76.8 Å². The van der Waals surface area contributed by atoms with Crippen LogP contribution in [0.5, 0.6) is 5.75 Å². The van der Waals surface area contributed by atoms with Gasteiger partial charge in [-0.2, -0.15) is 0 Å². The van der Waals surface area contributed by atoms with Gasteiger partial charge in [0.1, 0.15) is 11.5 Å². The molecule has 1 amide bonds. The topological polar surface area (TPSA) is 66.8 Å². The molecular formula is C26H19BrF3NO4. The normalized spacial score (nSPS) is 17.7. The maximum atomic E-state index is 13.2. The Morgan fingerprint density at radius 1 is 1.00 bits per heavy atom. The number of Topliss-reactive ketones (excluding diaryl/α,β-unsaturated/α-hetero) is 1. The second-order valence-corrected chi connectivity index (χ2v) is 8.95. The van der Waals surface area contributed by atoms with E-state index in [4.69, 9.17) is 0 Å². The van der Waals surface area contributed by atoms with E-state index in [0.29, 0.717) is 11.1 Å². The molecule has 1 aliphatic rings. The van der Waals surface area contributed by atoms with Crippen LogP contribution in [0.25, 0.3) is 5.76 Å². The van der Waals surface area contributed by atoms with Crippen molar-refractivity contribution in [1.82, 2.24) is 0 Å². The molecule has 0 aliphatic carbocycles. The maximum Gasteiger partial charge on any atom is 0.573 e. The second kappa shape index (κ2) is 9.22. The molecular weight excluding hydrogens is 527 g/mol. The number of carbonyl (C=O) groups is 2. The Balaban J connectivity index is 1.92. The molecule has 0 bridgehead atoms. The Bertz CT molecular complexity index is 1370. The summed E-state index contributed by atoms with van der Waals surface area (Å²) in [6.07, 6.45) is -4.93. The first-order chi connectivity index (χ1) is 16.5. The number of rotatable bonds is 4. The number of hydrogen-bond donors (Lipinski definition) is 1. The fourth-order valence-electron chi connectivity index (χ4n) is 4.03. The number of halogens is 4. The monoisotopic (exact) mass is 545 g/mol. The van der Waals surface area contributed by atoms with Crippen LogP contribution in [0.1, 0.15) is 28.3 Å². The maximum absolute atomic E-state index is 13.2. The summed E-state index contributed by atoms with van der Waals surface area (Å²) >= 11 is 3.39. The van der Waals surface area contributed by atoms with Crippen LogP contribution < -0.4 is 9.64 Å². The van der Waals surface area contributed by atoms with Gasteiger partial charge in [0.25, 0.3) is 11.7 Å². The van der Waals surface area contributed by atoms with Gasteiger partial charge in [-0.1, -0.05) is 57.9 Å². The molecule has 3 aromatic rings. The molecule has 0 saturated carbocycles. The standard InChI is InChI=1S/C26H19BrF3NO4/c1-14-5-3-6-16(11-14)22-21(23(32)17-9-10-20(27)15(2)12-17)24(33)25(34)31(22)18-7-4-8-19(13-18)35-26(28,29)30/h3-13,22,32H,1-2H3/b23-21+. The highest BCUT2D eigenvalue weighted by Crippen LogP contribution is 2.43. The molecule has 1 N–H and O–H groups in total.